The highest BCUT2D eigenvalue weighted by Crippen LogP contribution is 2.45. The van der Waals surface area contributed by atoms with E-state index in [0.717, 1.165) is 39.2 Å². The number of alkyl halides is 2. The van der Waals surface area contributed by atoms with Gasteiger partial charge in [-0.05, 0) is 89.4 Å². The summed E-state index contributed by atoms with van der Waals surface area (Å²) in [5.41, 5.74) is 5.09. The van der Waals surface area contributed by atoms with Gasteiger partial charge in [-0.2, -0.15) is 0 Å². The molecule has 26 heavy (non-hydrogen) atoms. The van der Waals surface area contributed by atoms with E-state index in [1.807, 2.05) is 12.2 Å². The molecule has 8 bridgehead atoms. The highest BCUT2D eigenvalue weighted by molar-refractivity contribution is 14.1. The van der Waals surface area contributed by atoms with Crippen LogP contribution in [0.3, 0.4) is 0 Å². The zero-order valence-corrected chi connectivity index (χ0v) is 17.9. The van der Waals surface area contributed by atoms with E-state index in [9.17, 15) is 0 Å². The van der Waals surface area contributed by atoms with Crippen LogP contribution in [0.1, 0.15) is 15.3 Å². The number of aromatic nitrogens is 2. The van der Waals surface area contributed by atoms with Gasteiger partial charge in [-0.25, -0.2) is 4.99 Å². The van der Waals surface area contributed by atoms with Crippen molar-refractivity contribution < 1.29 is 0 Å². The van der Waals surface area contributed by atoms with Crippen LogP contribution < -0.4 is 10.7 Å². The monoisotopic (exact) mass is 564 g/mol. The molecule has 2 aromatic rings. The third-order valence-corrected chi connectivity index (χ3v) is 8.51. The number of aliphatic imine (C=N–C) groups is 2. The second-order valence-corrected chi connectivity index (χ2v) is 9.40. The number of fused-ring (bicyclic) bond motifs is 6. The van der Waals surface area contributed by atoms with Crippen LogP contribution in [0.15, 0.2) is 64.3 Å². The first-order valence-electron chi connectivity index (χ1n) is 8.25. The molecule has 0 saturated carbocycles. The first-order valence-corrected chi connectivity index (χ1v) is 10.6. The Hall–Kier alpha value is -1.68. The van der Waals surface area contributed by atoms with E-state index in [1.165, 1.54) is 0 Å². The molecule has 0 spiro atoms. The fraction of sp³-hybridized carbons (Fsp3) is 0.100. The maximum absolute atomic E-state index is 4.97. The van der Waals surface area contributed by atoms with Crippen LogP contribution in [0, 0.1) is 0 Å². The number of rotatable bonds is 0. The molecule has 4 nitrogen and oxygen atoms in total. The normalized spacial score (nSPS) is 26.1. The van der Waals surface area contributed by atoms with Gasteiger partial charge in [0.25, 0.3) is 0 Å². The average Bonchev–Trinajstić information content (AvgIpc) is 3.38. The predicted molar refractivity (Wildman–Crippen MR) is 124 cm³/mol. The van der Waals surface area contributed by atoms with E-state index in [-0.39, 0.29) is 7.47 Å². The summed E-state index contributed by atoms with van der Waals surface area (Å²) < 4.78 is -0.0926. The molecule has 3 aliphatic rings. The maximum atomic E-state index is 4.97. The molecule has 0 aromatic carbocycles. The largest absolute Gasteiger partial charge is 0.358 e. The van der Waals surface area contributed by atoms with Gasteiger partial charge in [0.2, 0.25) is 0 Å². The minimum absolute atomic E-state index is 0.202. The molecular formula is C20H14I2N4. The fourth-order valence-corrected chi connectivity index (χ4v) is 4.71. The first kappa shape index (κ1) is 16.5. The van der Waals surface area contributed by atoms with E-state index in [1.54, 1.807) is 0 Å². The van der Waals surface area contributed by atoms with Crippen molar-refractivity contribution in [2.75, 3.05) is 0 Å². The highest BCUT2D eigenvalue weighted by Gasteiger charge is 2.36. The van der Waals surface area contributed by atoms with Crippen molar-refractivity contribution in [3.05, 3.63) is 76.4 Å². The van der Waals surface area contributed by atoms with Crippen molar-refractivity contribution in [2.45, 2.75) is 7.47 Å². The smallest absolute Gasteiger partial charge is 0.148 e. The summed E-state index contributed by atoms with van der Waals surface area (Å²) in [6.45, 7) is 0. The Labute approximate surface area is 177 Å². The molecule has 5 heterocycles. The van der Waals surface area contributed by atoms with Crippen LogP contribution in [0.2, 0.25) is 0 Å². The Bertz CT molecular complexity index is 1170. The minimum Gasteiger partial charge on any atom is -0.358 e. The molecule has 0 aliphatic carbocycles. The van der Waals surface area contributed by atoms with E-state index in [4.69, 9.17) is 4.99 Å². The lowest BCUT2D eigenvalue weighted by molar-refractivity contribution is 0.784. The van der Waals surface area contributed by atoms with Gasteiger partial charge in [0.05, 0.1) is 21.0 Å². The predicted octanol–water partition coefficient (Wildman–Crippen LogP) is 3.59. The molecule has 5 rings (SSSR count). The van der Waals surface area contributed by atoms with Crippen molar-refractivity contribution in [1.82, 2.24) is 9.97 Å². The Morgan fingerprint density at radius 3 is 2.54 bits per heavy atom. The molecule has 6 heteroatoms. The number of hydrogen-bond acceptors (Lipinski definition) is 2. The Morgan fingerprint density at radius 1 is 0.885 bits per heavy atom. The number of allylic oxidation sites excluding steroid dienone is 3. The van der Waals surface area contributed by atoms with Gasteiger partial charge in [0.1, 0.15) is 3.55 Å². The average molecular weight is 564 g/mol. The minimum atomic E-state index is -0.295. The molecule has 0 fully saturated rings. The van der Waals surface area contributed by atoms with Crippen LogP contribution in [-0.4, -0.2) is 24.9 Å². The topological polar surface area (TPSA) is 56.3 Å². The van der Waals surface area contributed by atoms with Crippen molar-refractivity contribution in [2.24, 2.45) is 9.98 Å². The summed E-state index contributed by atoms with van der Waals surface area (Å²) in [5, 5.41) is 2.07. The summed E-state index contributed by atoms with van der Waals surface area (Å²) in [6, 6.07) is 8.38. The summed E-state index contributed by atoms with van der Waals surface area (Å²) in [5.74, 6) is 0. The second kappa shape index (κ2) is 6.19. The lowest BCUT2D eigenvalue weighted by atomic mass is 10.2. The standard InChI is InChI=1S/C20H14I2N4/c21-19-18-6-5-16(25-18)10-14-2-1-12(23-14)9-13-3-4-15(24-13)11-17-7-8-20(19,22)26-17/h1-11,19,24-25H. The first-order chi connectivity index (χ1) is 12.6. The summed E-state index contributed by atoms with van der Waals surface area (Å²) in [7, 11) is 0. The van der Waals surface area contributed by atoms with Gasteiger partial charge in [0.15, 0.2) is 0 Å². The zero-order chi connectivity index (χ0) is 17.7. The van der Waals surface area contributed by atoms with Crippen LogP contribution in [0.5, 0.6) is 0 Å². The molecule has 0 saturated heterocycles. The van der Waals surface area contributed by atoms with Crippen LogP contribution >= 0.6 is 45.2 Å². The van der Waals surface area contributed by atoms with Gasteiger partial charge in [0, 0.05) is 22.1 Å². The fourth-order valence-electron chi connectivity index (χ4n) is 3.21. The zero-order valence-electron chi connectivity index (χ0n) is 13.6. The number of halogens is 2. The number of nitrogens with zero attached hydrogens (tertiary/aromatic N) is 2. The van der Waals surface area contributed by atoms with Crippen LogP contribution in [-0.2, 0) is 0 Å². The van der Waals surface area contributed by atoms with Gasteiger partial charge < -0.3 is 9.97 Å². The van der Waals surface area contributed by atoms with E-state index < -0.39 is 0 Å². The van der Waals surface area contributed by atoms with Crippen molar-refractivity contribution >= 4 is 74.8 Å². The van der Waals surface area contributed by atoms with Crippen LogP contribution in [0.25, 0.3) is 18.2 Å². The second-order valence-electron chi connectivity index (χ2n) is 6.43. The van der Waals surface area contributed by atoms with Gasteiger partial charge >= 0.3 is 0 Å². The number of hydrogen-bond donors (Lipinski definition) is 2. The molecule has 3 aliphatic heterocycles. The summed E-state index contributed by atoms with van der Waals surface area (Å²) in [6.07, 6.45) is 14.6. The maximum Gasteiger partial charge on any atom is 0.148 e. The van der Waals surface area contributed by atoms with Gasteiger partial charge in [-0.15, -0.1) is 0 Å². The molecule has 2 atom stereocenters. The van der Waals surface area contributed by atoms with Gasteiger partial charge in [-0.1, -0.05) is 22.6 Å². The SMILES string of the molecule is IC1c2ccc([nH]2)C=C2C=CC(=N2)C=c2ccc([nH]2)=CC2=NC1(I)C=C2. The third-order valence-electron chi connectivity index (χ3n) is 4.47. The summed E-state index contributed by atoms with van der Waals surface area (Å²) in [4.78, 5) is 16.6. The van der Waals surface area contributed by atoms with Crippen molar-refractivity contribution in [3.8, 4) is 0 Å². The lowest BCUT2D eigenvalue weighted by Crippen LogP contribution is -2.19. The van der Waals surface area contributed by atoms with Crippen LogP contribution in [0.4, 0.5) is 0 Å². The number of nitrogens with one attached hydrogen (secondary N) is 2. The third kappa shape index (κ3) is 2.98. The van der Waals surface area contributed by atoms with E-state index in [2.05, 4.69) is 115 Å². The highest BCUT2D eigenvalue weighted by atomic mass is 127. The van der Waals surface area contributed by atoms with Gasteiger partial charge in [-0.3, -0.25) is 4.99 Å². The van der Waals surface area contributed by atoms with E-state index in [0.29, 0.717) is 0 Å². The van der Waals surface area contributed by atoms with E-state index >= 15 is 0 Å². The Balaban J connectivity index is 1.71. The lowest BCUT2D eigenvalue weighted by Gasteiger charge is -2.22. The Morgan fingerprint density at radius 2 is 1.69 bits per heavy atom. The quantitative estimate of drug-likeness (QED) is 0.280. The number of H-pyrrole nitrogens is 2. The molecular weight excluding hydrogens is 550 g/mol. The molecule has 0 radical (unpaired) electrons. The molecule has 2 unspecified atom stereocenters. The molecule has 2 N–H and O–H groups in total. The van der Waals surface area contributed by atoms with Crippen molar-refractivity contribution in [1.29, 1.82) is 0 Å². The summed E-state index contributed by atoms with van der Waals surface area (Å²) >= 11 is 4.91. The van der Waals surface area contributed by atoms with Crippen molar-refractivity contribution in [3.63, 3.8) is 0 Å². The Kier molecular flexibility index (Phi) is 3.93. The molecule has 128 valence electrons. The molecule has 2 aromatic heterocycles. The number of aromatic amines is 2. The molecule has 0 amide bonds.